The molecule has 182 valence electrons. The molecule has 0 saturated heterocycles. The minimum absolute atomic E-state index is 0.00506. The van der Waals surface area contributed by atoms with Crippen LogP contribution in [0.5, 0.6) is 0 Å². The molecule has 3 heterocycles. The van der Waals surface area contributed by atoms with Crippen LogP contribution in [0.4, 0.5) is 11.6 Å². The van der Waals surface area contributed by atoms with Gasteiger partial charge in [-0.3, -0.25) is 9.78 Å². The Labute approximate surface area is 211 Å². The third-order valence-electron chi connectivity index (χ3n) is 7.26. The van der Waals surface area contributed by atoms with Crippen molar-refractivity contribution in [2.24, 2.45) is 0 Å². The van der Waals surface area contributed by atoms with Crippen molar-refractivity contribution >= 4 is 17.5 Å². The van der Waals surface area contributed by atoms with E-state index in [-0.39, 0.29) is 11.9 Å². The molecule has 2 aromatic heterocycles. The SMILES string of the molecule is CCn1nc(-c2ccc(-c3ccc(C4CC4)nc3)cc2C)nc1Nc1cc2c(cc1C)C(=O)NC2C. The van der Waals surface area contributed by atoms with Gasteiger partial charge < -0.3 is 10.6 Å². The van der Waals surface area contributed by atoms with Crippen molar-refractivity contribution in [1.82, 2.24) is 25.1 Å². The standard InChI is InChI=1S/C29H30N6O/c1-5-35-29(32-26-14-23-18(4)31-28(36)24(23)13-17(26)3)33-27(34-35)22-10-8-20(12-16(22)2)21-9-11-25(30-15-21)19-6-7-19/h8-15,18-19H,5-7H2,1-4H3,(H,31,36)(H,32,33,34). The lowest BCUT2D eigenvalue weighted by molar-refractivity contribution is 0.0958. The molecule has 2 N–H and O–H groups in total. The molecule has 0 spiro atoms. The van der Waals surface area contributed by atoms with E-state index in [9.17, 15) is 4.79 Å². The quantitative estimate of drug-likeness (QED) is 0.351. The molecule has 7 nitrogen and oxygen atoms in total. The highest BCUT2D eigenvalue weighted by Crippen LogP contribution is 2.39. The molecule has 1 amide bonds. The number of rotatable bonds is 6. The molecule has 0 bridgehead atoms. The number of carbonyl (C=O) groups is 1. The van der Waals surface area contributed by atoms with Crippen LogP contribution < -0.4 is 10.6 Å². The first kappa shape index (κ1) is 22.5. The van der Waals surface area contributed by atoms with Crippen molar-refractivity contribution in [2.45, 2.75) is 59.0 Å². The summed E-state index contributed by atoms with van der Waals surface area (Å²) >= 11 is 0. The fraction of sp³-hybridized carbons (Fsp3) is 0.310. The van der Waals surface area contributed by atoms with Gasteiger partial charge in [-0.25, -0.2) is 4.68 Å². The second-order valence-corrected chi connectivity index (χ2v) is 9.93. The van der Waals surface area contributed by atoms with Crippen LogP contribution >= 0.6 is 0 Å². The molecule has 1 aliphatic carbocycles. The van der Waals surface area contributed by atoms with Gasteiger partial charge in [-0.1, -0.05) is 24.3 Å². The van der Waals surface area contributed by atoms with Gasteiger partial charge in [-0.15, -0.1) is 5.10 Å². The first-order valence-electron chi connectivity index (χ1n) is 12.7. The summed E-state index contributed by atoms with van der Waals surface area (Å²) in [5.74, 6) is 2.02. The van der Waals surface area contributed by atoms with E-state index < -0.39 is 0 Å². The van der Waals surface area contributed by atoms with Crippen molar-refractivity contribution < 1.29 is 4.79 Å². The van der Waals surface area contributed by atoms with E-state index in [0.29, 0.717) is 24.2 Å². The van der Waals surface area contributed by atoms with Crippen LogP contribution in [0.25, 0.3) is 22.5 Å². The van der Waals surface area contributed by atoms with E-state index in [2.05, 4.69) is 59.8 Å². The third-order valence-corrected chi connectivity index (χ3v) is 7.26. The second kappa shape index (κ2) is 8.59. The number of benzene rings is 2. The van der Waals surface area contributed by atoms with Crippen molar-refractivity contribution in [1.29, 1.82) is 0 Å². The Morgan fingerprint density at radius 2 is 1.83 bits per heavy atom. The van der Waals surface area contributed by atoms with Crippen LogP contribution in [0.15, 0.2) is 48.7 Å². The van der Waals surface area contributed by atoms with Gasteiger partial charge in [0.2, 0.25) is 5.95 Å². The van der Waals surface area contributed by atoms with Gasteiger partial charge in [0.05, 0.1) is 6.04 Å². The van der Waals surface area contributed by atoms with Crippen LogP contribution in [0, 0.1) is 13.8 Å². The molecule has 36 heavy (non-hydrogen) atoms. The molecular weight excluding hydrogens is 448 g/mol. The number of carbonyl (C=O) groups excluding carboxylic acids is 1. The predicted molar refractivity (Wildman–Crippen MR) is 141 cm³/mol. The highest BCUT2D eigenvalue weighted by molar-refractivity contribution is 6.00. The summed E-state index contributed by atoms with van der Waals surface area (Å²) < 4.78 is 1.88. The van der Waals surface area contributed by atoms with Gasteiger partial charge in [0.1, 0.15) is 0 Å². The Kier molecular flexibility index (Phi) is 5.36. The smallest absolute Gasteiger partial charge is 0.252 e. The Balaban J connectivity index is 1.29. The summed E-state index contributed by atoms with van der Waals surface area (Å²) in [6, 6.07) is 14.7. The molecule has 1 unspecified atom stereocenters. The normalized spacial score (nSPS) is 16.7. The van der Waals surface area contributed by atoms with Crippen LogP contribution in [0.2, 0.25) is 0 Å². The first-order valence-corrected chi connectivity index (χ1v) is 12.7. The van der Waals surface area contributed by atoms with Crippen molar-refractivity contribution in [3.8, 4) is 22.5 Å². The Morgan fingerprint density at radius 1 is 1.03 bits per heavy atom. The van der Waals surface area contributed by atoms with Crippen molar-refractivity contribution in [2.75, 3.05) is 5.32 Å². The topological polar surface area (TPSA) is 84.7 Å². The number of amides is 1. The fourth-order valence-corrected chi connectivity index (χ4v) is 4.95. The number of hydrogen-bond donors (Lipinski definition) is 2. The van der Waals surface area contributed by atoms with Crippen molar-refractivity contribution in [3.05, 3.63) is 76.6 Å². The molecular formula is C29H30N6O. The largest absolute Gasteiger partial charge is 0.345 e. The van der Waals surface area contributed by atoms with E-state index in [1.165, 1.54) is 18.5 Å². The maximum absolute atomic E-state index is 12.2. The zero-order valence-corrected chi connectivity index (χ0v) is 21.1. The molecule has 4 aromatic rings. The molecule has 1 atom stereocenters. The molecule has 7 heteroatoms. The number of hydrogen-bond acceptors (Lipinski definition) is 5. The van der Waals surface area contributed by atoms with Crippen LogP contribution in [-0.4, -0.2) is 25.7 Å². The van der Waals surface area contributed by atoms with Gasteiger partial charge in [0.25, 0.3) is 5.91 Å². The lowest BCUT2D eigenvalue weighted by atomic mass is 10.0. The average Bonchev–Trinajstić information content (AvgIpc) is 3.59. The highest BCUT2D eigenvalue weighted by Gasteiger charge is 2.27. The minimum Gasteiger partial charge on any atom is -0.345 e. The molecule has 1 saturated carbocycles. The van der Waals surface area contributed by atoms with Gasteiger partial charge in [0.15, 0.2) is 5.82 Å². The van der Waals surface area contributed by atoms with Crippen LogP contribution in [0.3, 0.4) is 0 Å². The number of nitrogens with zero attached hydrogens (tertiary/aromatic N) is 4. The maximum Gasteiger partial charge on any atom is 0.252 e. The Bertz CT molecular complexity index is 1480. The molecule has 1 fully saturated rings. The second-order valence-electron chi connectivity index (χ2n) is 9.93. The zero-order chi connectivity index (χ0) is 25.0. The summed E-state index contributed by atoms with van der Waals surface area (Å²) in [6.45, 7) is 8.84. The summed E-state index contributed by atoms with van der Waals surface area (Å²) in [4.78, 5) is 21.7. The maximum atomic E-state index is 12.2. The fourth-order valence-electron chi connectivity index (χ4n) is 4.95. The monoisotopic (exact) mass is 478 g/mol. The number of nitrogens with one attached hydrogen (secondary N) is 2. The van der Waals surface area contributed by atoms with Crippen LogP contribution in [-0.2, 0) is 6.54 Å². The molecule has 0 radical (unpaired) electrons. The lowest BCUT2D eigenvalue weighted by Gasteiger charge is -2.12. The van der Waals surface area contributed by atoms with Gasteiger partial charge in [0, 0.05) is 46.7 Å². The summed E-state index contributed by atoms with van der Waals surface area (Å²) in [5.41, 5.74) is 9.27. The number of aryl methyl sites for hydroxylation is 3. The van der Waals surface area contributed by atoms with E-state index >= 15 is 0 Å². The number of fused-ring (bicyclic) bond motifs is 1. The van der Waals surface area contributed by atoms with E-state index in [4.69, 9.17) is 10.1 Å². The van der Waals surface area contributed by atoms with E-state index in [1.54, 1.807) is 0 Å². The predicted octanol–water partition coefficient (Wildman–Crippen LogP) is 6.07. The summed E-state index contributed by atoms with van der Waals surface area (Å²) in [7, 11) is 0. The van der Waals surface area contributed by atoms with Gasteiger partial charge >= 0.3 is 0 Å². The third kappa shape index (κ3) is 3.94. The molecule has 6 rings (SSSR count). The first-order chi connectivity index (χ1) is 17.4. The van der Waals surface area contributed by atoms with Gasteiger partial charge in [-0.05, 0) is 81.0 Å². The average molecular weight is 479 g/mol. The van der Waals surface area contributed by atoms with Crippen LogP contribution in [0.1, 0.15) is 71.4 Å². The highest BCUT2D eigenvalue weighted by atomic mass is 16.2. The number of aromatic nitrogens is 4. The zero-order valence-electron chi connectivity index (χ0n) is 21.1. The summed E-state index contributed by atoms with van der Waals surface area (Å²) in [6.07, 6.45) is 4.50. The lowest BCUT2D eigenvalue weighted by Crippen LogP contribution is -2.16. The van der Waals surface area contributed by atoms with E-state index in [0.717, 1.165) is 44.6 Å². The Morgan fingerprint density at radius 3 is 2.53 bits per heavy atom. The molecule has 1 aliphatic heterocycles. The molecule has 2 aromatic carbocycles. The van der Waals surface area contributed by atoms with Crippen molar-refractivity contribution in [3.63, 3.8) is 0 Å². The Hall–Kier alpha value is -4.00. The van der Waals surface area contributed by atoms with Gasteiger partial charge in [-0.2, -0.15) is 4.98 Å². The molecule has 2 aliphatic rings. The number of pyridine rings is 1. The summed E-state index contributed by atoms with van der Waals surface area (Å²) in [5, 5.41) is 11.2. The minimum atomic E-state index is -0.0141. The number of anilines is 2. The van der Waals surface area contributed by atoms with E-state index in [1.807, 2.05) is 36.9 Å².